The van der Waals surface area contributed by atoms with Gasteiger partial charge in [-0.1, -0.05) is 13.8 Å². The number of rotatable bonds is 4. The molecule has 2 atom stereocenters. The lowest BCUT2D eigenvalue weighted by Gasteiger charge is -2.42. The van der Waals surface area contributed by atoms with Crippen molar-refractivity contribution >= 4 is 16.9 Å². The number of hydrogen-bond donors (Lipinski definition) is 2. The number of fused-ring (bicyclic) bond motifs is 1. The first-order valence-corrected chi connectivity index (χ1v) is 9.45. The van der Waals surface area contributed by atoms with Crippen LogP contribution in [-0.2, 0) is 0 Å². The lowest BCUT2D eigenvalue weighted by molar-refractivity contribution is -0.0340. The van der Waals surface area contributed by atoms with E-state index in [9.17, 15) is 9.50 Å². The van der Waals surface area contributed by atoms with Gasteiger partial charge in [-0.05, 0) is 43.0 Å². The molecule has 1 aliphatic rings. The summed E-state index contributed by atoms with van der Waals surface area (Å²) in [5.74, 6) is 0.0878. The van der Waals surface area contributed by atoms with Crippen LogP contribution in [0.4, 0.5) is 14.6 Å². The number of nitrogens with one attached hydrogen (secondary N) is 1. The smallest absolute Gasteiger partial charge is 0.181 e. The second-order valence-corrected chi connectivity index (χ2v) is 7.83. The molecule has 4 heterocycles. The second kappa shape index (κ2) is 7.09. The van der Waals surface area contributed by atoms with E-state index in [1.807, 2.05) is 13.8 Å². The zero-order chi connectivity index (χ0) is 19.9. The van der Waals surface area contributed by atoms with Gasteiger partial charge in [0.15, 0.2) is 17.1 Å². The third-order valence-electron chi connectivity index (χ3n) is 5.19. The molecule has 4 rings (SSSR count). The topological polar surface area (TPSA) is 77.9 Å². The van der Waals surface area contributed by atoms with Crippen molar-refractivity contribution in [1.29, 1.82) is 0 Å². The lowest BCUT2D eigenvalue weighted by atomic mass is 9.84. The minimum absolute atomic E-state index is 0.0235. The average Bonchev–Trinajstić information content (AvgIpc) is 3.08. The number of hydrogen-bond acceptors (Lipinski definition) is 5. The van der Waals surface area contributed by atoms with Crippen molar-refractivity contribution in [1.82, 2.24) is 20.2 Å². The Morgan fingerprint density at radius 1 is 1.36 bits per heavy atom. The molecule has 2 N–H and O–H groups in total. The van der Waals surface area contributed by atoms with Gasteiger partial charge < -0.3 is 10.0 Å². The van der Waals surface area contributed by atoms with Gasteiger partial charge in [-0.25, -0.2) is 18.7 Å². The van der Waals surface area contributed by atoms with Crippen molar-refractivity contribution in [3.8, 4) is 11.4 Å². The molecular weight excluding hydrogens is 364 g/mol. The molecule has 0 spiro atoms. The third kappa shape index (κ3) is 3.32. The molecule has 28 heavy (non-hydrogen) atoms. The Bertz CT molecular complexity index is 992. The van der Waals surface area contributed by atoms with E-state index in [4.69, 9.17) is 0 Å². The zero-order valence-corrected chi connectivity index (χ0v) is 15.9. The monoisotopic (exact) mass is 387 g/mol. The fourth-order valence-electron chi connectivity index (χ4n) is 3.93. The van der Waals surface area contributed by atoms with Gasteiger partial charge in [0.25, 0.3) is 0 Å². The fourth-order valence-corrected chi connectivity index (χ4v) is 3.93. The molecule has 0 amide bonds. The quantitative estimate of drug-likeness (QED) is 0.717. The van der Waals surface area contributed by atoms with E-state index in [-0.39, 0.29) is 24.6 Å². The van der Waals surface area contributed by atoms with Crippen molar-refractivity contribution in [3.63, 3.8) is 0 Å². The zero-order valence-electron chi connectivity index (χ0n) is 15.9. The summed E-state index contributed by atoms with van der Waals surface area (Å²) in [6.45, 7) is 4.33. The molecular formula is C20H23F2N5O. The van der Waals surface area contributed by atoms with E-state index < -0.39 is 17.6 Å². The van der Waals surface area contributed by atoms with Crippen molar-refractivity contribution < 1.29 is 13.9 Å². The molecule has 3 aromatic rings. The Kier molecular flexibility index (Phi) is 4.74. The number of nitrogens with zero attached hydrogens (tertiary/aromatic N) is 4. The number of halogens is 2. The normalized spacial score (nSPS) is 22.9. The van der Waals surface area contributed by atoms with Crippen LogP contribution in [0.3, 0.4) is 0 Å². The Balaban J connectivity index is 1.69. The van der Waals surface area contributed by atoms with E-state index in [0.717, 1.165) is 0 Å². The highest BCUT2D eigenvalue weighted by Crippen LogP contribution is 2.35. The predicted octanol–water partition coefficient (Wildman–Crippen LogP) is 3.48. The molecule has 1 aliphatic heterocycles. The molecule has 0 aliphatic carbocycles. The molecule has 0 bridgehead atoms. The summed E-state index contributed by atoms with van der Waals surface area (Å²) in [4.78, 5) is 10.4. The maximum absolute atomic E-state index is 15.4. The van der Waals surface area contributed by atoms with Crippen molar-refractivity contribution in [2.45, 2.75) is 38.5 Å². The summed E-state index contributed by atoms with van der Waals surface area (Å²) in [5.41, 5.74) is -0.682. The number of aliphatic hydroxyl groups excluding tert-OH is 1. The van der Waals surface area contributed by atoms with Crippen molar-refractivity contribution in [2.75, 3.05) is 18.0 Å². The van der Waals surface area contributed by atoms with Crippen LogP contribution in [0.1, 0.15) is 26.7 Å². The molecule has 1 saturated heterocycles. The minimum atomic E-state index is -1.72. The van der Waals surface area contributed by atoms with E-state index in [1.54, 1.807) is 29.3 Å². The van der Waals surface area contributed by atoms with Crippen LogP contribution in [0.15, 0.2) is 30.5 Å². The predicted molar refractivity (Wildman–Crippen MR) is 103 cm³/mol. The number of aromatic amines is 1. The standard InChI is InChI=1S/C20H23F2N5O/c1-12(2)10-20(22)11-27(9-7-15(20)28)16-6-5-14(21)18(24-16)17-13-4-3-8-23-19(13)26-25-17/h3-6,8,12,15,28H,7,9-11H2,1-2H3,(H,23,25,26)/t15-,20-/m1/s1. The molecule has 0 aromatic carbocycles. The van der Waals surface area contributed by atoms with Crippen molar-refractivity contribution in [2.24, 2.45) is 5.92 Å². The number of alkyl halides is 1. The van der Waals surface area contributed by atoms with E-state index >= 15 is 4.39 Å². The maximum Gasteiger partial charge on any atom is 0.181 e. The van der Waals surface area contributed by atoms with Crippen LogP contribution >= 0.6 is 0 Å². The Morgan fingerprint density at radius 3 is 2.96 bits per heavy atom. The third-order valence-corrected chi connectivity index (χ3v) is 5.19. The van der Waals surface area contributed by atoms with Crippen LogP contribution in [0.25, 0.3) is 22.4 Å². The van der Waals surface area contributed by atoms with Gasteiger partial charge in [-0.15, -0.1) is 0 Å². The van der Waals surface area contributed by atoms with Gasteiger partial charge >= 0.3 is 0 Å². The number of aliphatic hydroxyl groups is 1. The lowest BCUT2D eigenvalue weighted by Crippen LogP contribution is -2.55. The van der Waals surface area contributed by atoms with Gasteiger partial charge in [-0.2, -0.15) is 5.10 Å². The molecule has 0 radical (unpaired) electrons. The van der Waals surface area contributed by atoms with Crippen LogP contribution in [0, 0.1) is 11.7 Å². The maximum atomic E-state index is 15.4. The van der Waals surface area contributed by atoms with Crippen LogP contribution in [0.5, 0.6) is 0 Å². The Labute approximate surface area is 161 Å². The van der Waals surface area contributed by atoms with E-state index in [2.05, 4.69) is 20.2 Å². The summed E-state index contributed by atoms with van der Waals surface area (Å²) in [5, 5.41) is 17.8. The molecule has 148 valence electrons. The van der Waals surface area contributed by atoms with Crippen LogP contribution in [0.2, 0.25) is 0 Å². The summed E-state index contributed by atoms with van der Waals surface area (Å²) in [7, 11) is 0. The molecule has 0 saturated carbocycles. The number of aromatic nitrogens is 4. The van der Waals surface area contributed by atoms with Gasteiger partial charge in [0.2, 0.25) is 0 Å². The van der Waals surface area contributed by atoms with Gasteiger partial charge in [0.05, 0.1) is 18.3 Å². The Hall–Kier alpha value is -2.61. The largest absolute Gasteiger partial charge is 0.390 e. The fraction of sp³-hybridized carbons (Fsp3) is 0.450. The van der Waals surface area contributed by atoms with E-state index in [0.29, 0.717) is 35.5 Å². The van der Waals surface area contributed by atoms with Crippen LogP contribution < -0.4 is 4.90 Å². The second-order valence-electron chi connectivity index (χ2n) is 7.83. The first-order valence-electron chi connectivity index (χ1n) is 9.45. The summed E-state index contributed by atoms with van der Waals surface area (Å²) in [6.07, 6.45) is 1.17. The first kappa shape index (κ1) is 18.7. The summed E-state index contributed by atoms with van der Waals surface area (Å²) < 4.78 is 29.9. The highest BCUT2D eigenvalue weighted by Gasteiger charge is 2.44. The van der Waals surface area contributed by atoms with E-state index in [1.165, 1.54) is 6.07 Å². The van der Waals surface area contributed by atoms with Crippen molar-refractivity contribution in [3.05, 3.63) is 36.3 Å². The number of anilines is 1. The highest BCUT2D eigenvalue weighted by atomic mass is 19.1. The van der Waals surface area contributed by atoms with Crippen LogP contribution in [-0.4, -0.2) is 50.1 Å². The first-order chi connectivity index (χ1) is 13.4. The molecule has 0 unspecified atom stereocenters. The number of H-pyrrole nitrogens is 1. The number of pyridine rings is 2. The Morgan fingerprint density at radius 2 is 2.18 bits per heavy atom. The summed E-state index contributed by atoms with van der Waals surface area (Å²) >= 11 is 0. The molecule has 6 nitrogen and oxygen atoms in total. The average molecular weight is 387 g/mol. The van der Waals surface area contributed by atoms with Gasteiger partial charge in [0.1, 0.15) is 11.5 Å². The highest BCUT2D eigenvalue weighted by molar-refractivity contribution is 5.89. The van der Waals surface area contributed by atoms with Gasteiger partial charge in [-0.3, -0.25) is 5.10 Å². The summed E-state index contributed by atoms with van der Waals surface area (Å²) in [6, 6.07) is 6.41. The molecule has 8 heteroatoms. The molecule has 3 aromatic heterocycles. The SMILES string of the molecule is CC(C)C[C@@]1(F)CN(c2ccc(F)c(-c3[nH]nc4ncccc34)n2)CC[C@H]1O. The number of piperidine rings is 1. The molecule has 1 fully saturated rings. The van der Waals surface area contributed by atoms with Gasteiger partial charge in [0, 0.05) is 18.1 Å². The minimum Gasteiger partial charge on any atom is -0.390 e.